The van der Waals surface area contributed by atoms with Gasteiger partial charge >= 0.3 is 0 Å². The van der Waals surface area contributed by atoms with Crippen LogP contribution in [0.5, 0.6) is 0 Å². The van der Waals surface area contributed by atoms with Crippen LogP contribution in [0.3, 0.4) is 0 Å². The number of halogens is 2. The second-order valence-corrected chi connectivity index (χ2v) is 4.74. The van der Waals surface area contributed by atoms with Crippen molar-refractivity contribution in [3.8, 4) is 0 Å². The lowest BCUT2D eigenvalue weighted by molar-refractivity contribution is 0.447. The van der Waals surface area contributed by atoms with E-state index >= 15 is 0 Å². The molecule has 0 spiro atoms. The SMILES string of the molecule is CN[C@@H](C[C@H](NC)c1ccccc1)c1ccccc1.Cl.Cl. The first-order valence-electron chi connectivity index (χ1n) is 6.79. The van der Waals surface area contributed by atoms with E-state index in [0.717, 1.165) is 6.42 Å². The summed E-state index contributed by atoms with van der Waals surface area (Å²) in [5, 5.41) is 6.83. The van der Waals surface area contributed by atoms with Gasteiger partial charge in [-0.15, -0.1) is 24.8 Å². The van der Waals surface area contributed by atoms with Crippen molar-refractivity contribution in [3.63, 3.8) is 0 Å². The molecule has 2 N–H and O–H groups in total. The molecule has 0 heterocycles. The zero-order valence-corrected chi connectivity index (χ0v) is 14.1. The first-order chi connectivity index (χ1) is 9.35. The number of rotatable bonds is 6. The molecular formula is C17H24Cl2N2. The van der Waals surface area contributed by atoms with Crippen molar-refractivity contribution < 1.29 is 0 Å². The lowest BCUT2D eigenvalue weighted by Crippen LogP contribution is -2.25. The molecule has 2 rings (SSSR count). The van der Waals surface area contributed by atoms with Crippen LogP contribution < -0.4 is 10.6 Å². The van der Waals surface area contributed by atoms with E-state index in [2.05, 4.69) is 71.3 Å². The van der Waals surface area contributed by atoms with Gasteiger partial charge in [0.2, 0.25) is 0 Å². The predicted molar refractivity (Wildman–Crippen MR) is 95.6 cm³/mol. The second-order valence-electron chi connectivity index (χ2n) is 4.74. The minimum Gasteiger partial charge on any atom is -0.313 e. The Morgan fingerprint density at radius 2 is 1.00 bits per heavy atom. The van der Waals surface area contributed by atoms with Gasteiger partial charge in [0.15, 0.2) is 0 Å². The minimum atomic E-state index is 0. The van der Waals surface area contributed by atoms with E-state index in [1.54, 1.807) is 0 Å². The molecule has 4 heteroatoms. The standard InChI is InChI=1S/C17H22N2.2ClH/c1-18-16(14-9-5-3-6-10-14)13-17(19-2)15-11-7-4-8-12-15;;/h3-12,16-19H,13H2,1-2H3;2*1H/t16-,17-;;/m0../s1. The van der Waals surface area contributed by atoms with Crippen molar-refractivity contribution in [1.29, 1.82) is 0 Å². The molecule has 0 aromatic heterocycles. The monoisotopic (exact) mass is 326 g/mol. The van der Waals surface area contributed by atoms with Gasteiger partial charge in [0.25, 0.3) is 0 Å². The van der Waals surface area contributed by atoms with Crippen LogP contribution in [0, 0.1) is 0 Å². The molecule has 0 aliphatic rings. The highest BCUT2D eigenvalue weighted by Crippen LogP contribution is 2.25. The summed E-state index contributed by atoms with van der Waals surface area (Å²) in [7, 11) is 4.05. The molecule has 0 bridgehead atoms. The topological polar surface area (TPSA) is 24.1 Å². The van der Waals surface area contributed by atoms with Crippen molar-refractivity contribution in [2.75, 3.05) is 14.1 Å². The molecular weight excluding hydrogens is 303 g/mol. The van der Waals surface area contributed by atoms with Crippen LogP contribution in [0.25, 0.3) is 0 Å². The third-order valence-corrected chi connectivity index (χ3v) is 3.57. The smallest absolute Gasteiger partial charge is 0.0335 e. The Hall–Kier alpha value is -1.06. The third-order valence-electron chi connectivity index (χ3n) is 3.57. The van der Waals surface area contributed by atoms with Crippen LogP contribution in [0.2, 0.25) is 0 Å². The maximum atomic E-state index is 3.41. The van der Waals surface area contributed by atoms with Crippen LogP contribution in [-0.2, 0) is 0 Å². The van der Waals surface area contributed by atoms with Crippen LogP contribution in [0.1, 0.15) is 29.6 Å². The molecule has 2 nitrogen and oxygen atoms in total. The Kier molecular flexibility index (Phi) is 10.1. The first kappa shape index (κ1) is 19.9. The van der Waals surface area contributed by atoms with Gasteiger partial charge in [-0.25, -0.2) is 0 Å². The van der Waals surface area contributed by atoms with Gasteiger partial charge in [0.05, 0.1) is 0 Å². The fourth-order valence-corrected chi connectivity index (χ4v) is 2.45. The summed E-state index contributed by atoms with van der Waals surface area (Å²) >= 11 is 0. The fourth-order valence-electron chi connectivity index (χ4n) is 2.45. The number of hydrogen-bond acceptors (Lipinski definition) is 2. The summed E-state index contributed by atoms with van der Waals surface area (Å²) in [5.41, 5.74) is 2.67. The number of hydrogen-bond donors (Lipinski definition) is 2. The molecule has 0 unspecified atom stereocenters. The molecule has 0 radical (unpaired) electrons. The quantitative estimate of drug-likeness (QED) is 0.833. The molecule has 0 aliphatic carbocycles. The average molecular weight is 327 g/mol. The van der Waals surface area contributed by atoms with Crippen LogP contribution >= 0.6 is 24.8 Å². The lowest BCUT2D eigenvalue weighted by atomic mass is 9.95. The average Bonchev–Trinajstić information content (AvgIpc) is 2.50. The number of benzene rings is 2. The zero-order valence-electron chi connectivity index (χ0n) is 12.5. The predicted octanol–water partition coefficient (Wildman–Crippen LogP) is 4.14. The van der Waals surface area contributed by atoms with E-state index in [1.807, 2.05) is 14.1 Å². The molecule has 0 amide bonds. The van der Waals surface area contributed by atoms with E-state index in [-0.39, 0.29) is 24.8 Å². The highest BCUT2D eigenvalue weighted by Gasteiger charge is 2.16. The summed E-state index contributed by atoms with van der Waals surface area (Å²) in [5.74, 6) is 0. The summed E-state index contributed by atoms with van der Waals surface area (Å²) in [6, 6.07) is 21.9. The van der Waals surface area contributed by atoms with E-state index in [4.69, 9.17) is 0 Å². The molecule has 116 valence electrons. The van der Waals surface area contributed by atoms with Gasteiger partial charge in [-0.2, -0.15) is 0 Å². The van der Waals surface area contributed by atoms with Crippen LogP contribution in [0.4, 0.5) is 0 Å². The summed E-state index contributed by atoms with van der Waals surface area (Å²) in [4.78, 5) is 0. The van der Waals surface area contributed by atoms with Gasteiger partial charge < -0.3 is 10.6 Å². The van der Waals surface area contributed by atoms with Crippen molar-refractivity contribution in [2.24, 2.45) is 0 Å². The molecule has 0 saturated carbocycles. The number of nitrogens with one attached hydrogen (secondary N) is 2. The summed E-state index contributed by atoms with van der Waals surface area (Å²) in [6.45, 7) is 0. The normalized spacial score (nSPS) is 12.7. The maximum Gasteiger partial charge on any atom is 0.0335 e. The molecule has 2 aromatic carbocycles. The van der Waals surface area contributed by atoms with Gasteiger partial charge in [-0.3, -0.25) is 0 Å². The fraction of sp³-hybridized carbons (Fsp3) is 0.294. The molecule has 2 atom stereocenters. The van der Waals surface area contributed by atoms with Crippen molar-refractivity contribution in [2.45, 2.75) is 18.5 Å². The van der Waals surface area contributed by atoms with Crippen LogP contribution in [0.15, 0.2) is 60.7 Å². The minimum absolute atomic E-state index is 0. The molecule has 0 fully saturated rings. The van der Waals surface area contributed by atoms with Crippen molar-refractivity contribution >= 4 is 24.8 Å². The van der Waals surface area contributed by atoms with Gasteiger partial charge in [0.1, 0.15) is 0 Å². The highest BCUT2D eigenvalue weighted by molar-refractivity contribution is 5.85. The summed E-state index contributed by atoms with van der Waals surface area (Å²) < 4.78 is 0. The molecule has 0 aliphatic heterocycles. The molecule has 0 saturated heterocycles. The lowest BCUT2D eigenvalue weighted by Gasteiger charge is -2.24. The van der Waals surface area contributed by atoms with E-state index in [9.17, 15) is 0 Å². The van der Waals surface area contributed by atoms with E-state index in [1.165, 1.54) is 11.1 Å². The third kappa shape index (κ3) is 5.68. The van der Waals surface area contributed by atoms with Gasteiger partial charge in [-0.05, 0) is 31.6 Å². The maximum absolute atomic E-state index is 3.41. The largest absolute Gasteiger partial charge is 0.313 e. The van der Waals surface area contributed by atoms with Crippen molar-refractivity contribution in [3.05, 3.63) is 71.8 Å². The van der Waals surface area contributed by atoms with E-state index < -0.39 is 0 Å². The Morgan fingerprint density at radius 1 is 0.667 bits per heavy atom. The second kappa shape index (κ2) is 10.6. The Bertz CT molecular complexity index is 431. The van der Waals surface area contributed by atoms with E-state index in [0.29, 0.717) is 12.1 Å². The Morgan fingerprint density at radius 3 is 1.29 bits per heavy atom. The molecule has 2 aromatic rings. The van der Waals surface area contributed by atoms with Gasteiger partial charge in [-0.1, -0.05) is 60.7 Å². The highest BCUT2D eigenvalue weighted by atomic mass is 35.5. The zero-order chi connectivity index (χ0) is 13.5. The summed E-state index contributed by atoms with van der Waals surface area (Å²) in [6.07, 6.45) is 1.03. The first-order valence-corrected chi connectivity index (χ1v) is 6.79. The molecule has 21 heavy (non-hydrogen) atoms. The Balaban J connectivity index is 0.00000200. The van der Waals surface area contributed by atoms with Crippen molar-refractivity contribution in [1.82, 2.24) is 10.6 Å². The van der Waals surface area contributed by atoms with Gasteiger partial charge in [0, 0.05) is 12.1 Å². The van der Waals surface area contributed by atoms with Crippen LogP contribution in [-0.4, -0.2) is 14.1 Å². The Labute approximate surface area is 140 Å².